The van der Waals surface area contributed by atoms with Crippen LogP contribution in [0.25, 0.3) is 10.2 Å². The molecule has 0 spiro atoms. The van der Waals surface area contributed by atoms with Crippen LogP contribution < -0.4 is 4.90 Å². The van der Waals surface area contributed by atoms with Crippen LogP contribution in [0.3, 0.4) is 0 Å². The molecule has 0 aliphatic carbocycles. The zero-order valence-electron chi connectivity index (χ0n) is 18.6. The summed E-state index contributed by atoms with van der Waals surface area (Å²) in [5.74, 6) is -0.776. The lowest BCUT2D eigenvalue weighted by Gasteiger charge is -2.29. The fourth-order valence-electron chi connectivity index (χ4n) is 4.02. The van der Waals surface area contributed by atoms with Gasteiger partial charge < -0.3 is 4.90 Å². The van der Waals surface area contributed by atoms with Crippen molar-refractivity contribution in [3.8, 4) is 0 Å². The molecule has 0 saturated carbocycles. The Hall–Kier alpha value is -2.40. The van der Waals surface area contributed by atoms with Gasteiger partial charge in [0, 0.05) is 13.1 Å². The van der Waals surface area contributed by atoms with Gasteiger partial charge >= 0.3 is 0 Å². The van der Waals surface area contributed by atoms with E-state index in [-0.39, 0.29) is 17.3 Å². The summed E-state index contributed by atoms with van der Waals surface area (Å²) in [7, 11) is 0.0101. The molecule has 1 fully saturated rings. The molecule has 0 N–H and O–H groups in total. The summed E-state index contributed by atoms with van der Waals surface area (Å²) in [4.78, 5) is 22.1. The van der Waals surface area contributed by atoms with E-state index in [1.54, 1.807) is 4.90 Å². The van der Waals surface area contributed by atoms with Crippen molar-refractivity contribution in [1.82, 2.24) is 14.2 Å². The summed E-state index contributed by atoms with van der Waals surface area (Å²) in [6, 6.07) is 11.6. The highest BCUT2D eigenvalue weighted by Crippen LogP contribution is 2.32. The van der Waals surface area contributed by atoms with E-state index in [4.69, 9.17) is 0 Å². The Kier molecular flexibility index (Phi) is 7.08. The number of rotatable bonds is 8. The summed E-state index contributed by atoms with van der Waals surface area (Å²) < 4.78 is 42.1. The number of benzene rings is 2. The first kappa shape index (κ1) is 23.7. The number of aromatic nitrogens is 1. The number of hydrogen-bond donors (Lipinski definition) is 0. The highest BCUT2D eigenvalue weighted by molar-refractivity contribution is 7.89. The van der Waals surface area contributed by atoms with Gasteiger partial charge in [0.1, 0.15) is 11.9 Å². The van der Waals surface area contributed by atoms with Gasteiger partial charge in [-0.1, -0.05) is 23.5 Å². The van der Waals surface area contributed by atoms with Gasteiger partial charge in [0.25, 0.3) is 0 Å². The van der Waals surface area contributed by atoms with Crippen LogP contribution in [-0.4, -0.2) is 68.3 Å². The predicted octanol–water partition coefficient (Wildman–Crippen LogP) is 3.57. The van der Waals surface area contributed by atoms with Crippen LogP contribution in [0.1, 0.15) is 19.3 Å². The van der Waals surface area contributed by atoms with Crippen molar-refractivity contribution in [2.45, 2.75) is 30.2 Å². The monoisotopic (exact) mass is 490 g/mol. The average molecular weight is 491 g/mol. The molecule has 4 rings (SSSR count). The van der Waals surface area contributed by atoms with Crippen molar-refractivity contribution >= 4 is 42.6 Å². The van der Waals surface area contributed by atoms with Crippen LogP contribution in [0.15, 0.2) is 53.4 Å². The molecule has 2 heterocycles. The van der Waals surface area contributed by atoms with Crippen molar-refractivity contribution in [2.75, 3.05) is 38.6 Å². The van der Waals surface area contributed by atoms with Crippen LogP contribution in [0.5, 0.6) is 0 Å². The molecule has 0 radical (unpaired) electrons. The first-order valence-corrected chi connectivity index (χ1v) is 13.1. The summed E-state index contributed by atoms with van der Waals surface area (Å²) in [6.07, 6.45) is 1.75. The van der Waals surface area contributed by atoms with Crippen molar-refractivity contribution in [3.05, 3.63) is 54.3 Å². The summed E-state index contributed by atoms with van der Waals surface area (Å²) in [5.41, 5.74) is 0.810. The Labute approximate surface area is 197 Å². The zero-order chi connectivity index (χ0) is 23.6. The summed E-state index contributed by atoms with van der Waals surface area (Å²) in [6.45, 7) is 1.48. The number of carbonyl (C=O) groups excluding carboxylic acids is 1. The molecule has 1 aromatic heterocycles. The smallest absolute Gasteiger partial charge is 0.247 e. The molecule has 1 atom stereocenters. The maximum absolute atomic E-state index is 13.8. The number of thiazole rings is 1. The Morgan fingerprint density at radius 1 is 1.15 bits per heavy atom. The van der Waals surface area contributed by atoms with Gasteiger partial charge in [-0.2, -0.15) is 4.31 Å². The van der Waals surface area contributed by atoms with Gasteiger partial charge in [0.2, 0.25) is 15.9 Å². The topological polar surface area (TPSA) is 73.8 Å². The number of sulfonamides is 1. The van der Waals surface area contributed by atoms with Crippen LogP contribution in [0.2, 0.25) is 0 Å². The second kappa shape index (κ2) is 9.84. The maximum atomic E-state index is 13.8. The van der Waals surface area contributed by atoms with E-state index in [1.807, 2.05) is 43.3 Å². The molecule has 0 bridgehead atoms. The second-order valence-corrected chi connectivity index (χ2v) is 11.2. The van der Waals surface area contributed by atoms with Gasteiger partial charge in [-0.3, -0.25) is 9.69 Å². The quantitative estimate of drug-likeness (QED) is 0.483. The van der Waals surface area contributed by atoms with E-state index >= 15 is 0 Å². The predicted molar refractivity (Wildman–Crippen MR) is 128 cm³/mol. The largest absolute Gasteiger partial charge is 0.309 e. The summed E-state index contributed by atoms with van der Waals surface area (Å²) in [5, 5.41) is 0.575. The molecule has 1 saturated heterocycles. The van der Waals surface area contributed by atoms with Gasteiger partial charge in [0.15, 0.2) is 5.13 Å². The number of para-hydroxylation sites is 1. The number of halogens is 1. The van der Waals surface area contributed by atoms with Crippen LogP contribution in [0, 0.1) is 5.82 Å². The molecule has 176 valence electrons. The van der Waals surface area contributed by atoms with E-state index in [9.17, 15) is 17.6 Å². The first-order chi connectivity index (χ1) is 15.8. The normalized spacial score (nSPS) is 17.2. The van der Waals surface area contributed by atoms with Crippen molar-refractivity contribution < 1.29 is 17.6 Å². The number of nitrogens with zero attached hydrogens (tertiary/aromatic N) is 4. The Morgan fingerprint density at radius 3 is 2.58 bits per heavy atom. The first-order valence-electron chi connectivity index (χ1n) is 10.9. The standard InChI is InChI=1S/C23H27FN4O3S2/c1-26(2)14-6-15-27(23-25-19-7-3-4-9-21(19)32-23)22(29)20-8-5-16-28(20)33(30,31)18-12-10-17(24)11-13-18/h3-4,7,9-13,20H,5-6,8,14-16H2,1-2H3. The second-order valence-electron chi connectivity index (χ2n) is 8.34. The lowest BCUT2D eigenvalue weighted by molar-refractivity contribution is -0.121. The minimum absolute atomic E-state index is 0.0113. The molecule has 7 nitrogen and oxygen atoms in total. The van der Waals surface area contributed by atoms with Crippen molar-refractivity contribution in [2.24, 2.45) is 0 Å². The minimum atomic E-state index is -3.93. The van der Waals surface area contributed by atoms with E-state index in [1.165, 1.54) is 27.8 Å². The molecule has 1 aliphatic heterocycles. The Morgan fingerprint density at radius 2 is 1.88 bits per heavy atom. The van der Waals surface area contributed by atoms with Crippen molar-refractivity contribution in [1.29, 1.82) is 0 Å². The van der Waals surface area contributed by atoms with E-state index in [0.717, 1.165) is 35.3 Å². The van der Waals surface area contributed by atoms with E-state index in [0.29, 0.717) is 24.5 Å². The molecule has 1 unspecified atom stereocenters. The van der Waals surface area contributed by atoms with Crippen molar-refractivity contribution in [3.63, 3.8) is 0 Å². The molecule has 33 heavy (non-hydrogen) atoms. The molecule has 3 aromatic rings. The summed E-state index contributed by atoms with van der Waals surface area (Å²) >= 11 is 1.43. The number of amides is 1. The van der Waals surface area contributed by atoms with Crippen LogP contribution >= 0.6 is 11.3 Å². The van der Waals surface area contributed by atoms with E-state index < -0.39 is 21.9 Å². The average Bonchev–Trinajstić information content (AvgIpc) is 3.44. The minimum Gasteiger partial charge on any atom is -0.309 e. The fraction of sp³-hybridized carbons (Fsp3) is 0.391. The number of hydrogen-bond acceptors (Lipinski definition) is 6. The third-order valence-electron chi connectivity index (χ3n) is 5.68. The van der Waals surface area contributed by atoms with Gasteiger partial charge in [-0.05, 0) is 76.3 Å². The molecular formula is C23H27FN4O3S2. The third kappa shape index (κ3) is 5.08. The van der Waals surface area contributed by atoms with Crippen LogP contribution in [-0.2, 0) is 14.8 Å². The van der Waals surface area contributed by atoms with Crippen LogP contribution in [0.4, 0.5) is 9.52 Å². The molecular weight excluding hydrogens is 463 g/mol. The lowest BCUT2D eigenvalue weighted by Crippen LogP contribution is -2.48. The van der Waals surface area contributed by atoms with Gasteiger partial charge in [-0.25, -0.2) is 17.8 Å². The molecule has 2 aromatic carbocycles. The number of anilines is 1. The Bertz CT molecular complexity index is 1190. The number of fused-ring (bicyclic) bond motifs is 1. The Balaban J connectivity index is 1.64. The molecule has 10 heteroatoms. The highest BCUT2D eigenvalue weighted by atomic mass is 32.2. The van der Waals surface area contributed by atoms with Gasteiger partial charge in [-0.15, -0.1) is 0 Å². The number of carbonyl (C=O) groups is 1. The van der Waals surface area contributed by atoms with Gasteiger partial charge in [0.05, 0.1) is 15.1 Å². The molecule has 1 aliphatic rings. The maximum Gasteiger partial charge on any atom is 0.247 e. The zero-order valence-corrected chi connectivity index (χ0v) is 20.3. The third-order valence-corrected chi connectivity index (χ3v) is 8.66. The highest BCUT2D eigenvalue weighted by Gasteiger charge is 2.42. The fourth-order valence-corrected chi connectivity index (χ4v) is 6.67. The molecule has 1 amide bonds. The lowest BCUT2D eigenvalue weighted by atomic mass is 10.2. The SMILES string of the molecule is CN(C)CCCN(C(=O)C1CCCN1S(=O)(=O)c1ccc(F)cc1)c1nc2ccccc2s1. The van der Waals surface area contributed by atoms with E-state index in [2.05, 4.69) is 4.98 Å².